The van der Waals surface area contributed by atoms with Crippen LogP contribution in [-0.2, 0) is 0 Å². The second-order valence-electron chi connectivity index (χ2n) is 2.21. The third kappa shape index (κ3) is 1.93. The molecule has 62 valence electrons. The van der Waals surface area contributed by atoms with Gasteiger partial charge in [0.15, 0.2) is 0 Å². The zero-order valence-electron chi connectivity index (χ0n) is 6.27. The first-order chi connectivity index (χ1) is 5.66. The first kappa shape index (κ1) is 9.87. The Bertz CT molecular complexity index is 358. The van der Waals surface area contributed by atoms with Crippen LogP contribution >= 0.6 is 39.7 Å². The molecule has 12 heavy (non-hydrogen) atoms. The van der Waals surface area contributed by atoms with Gasteiger partial charge in [-0.2, -0.15) is 4.99 Å². The van der Waals surface area contributed by atoms with Crippen molar-refractivity contribution in [2.75, 3.05) is 0 Å². The van der Waals surface area contributed by atoms with Gasteiger partial charge in [0.2, 0.25) is 0 Å². The number of nitrogens with zero attached hydrogens (tertiary/aromatic N) is 1. The van der Waals surface area contributed by atoms with Crippen LogP contribution in [0.4, 0.5) is 5.69 Å². The SMILES string of the molecule is Cc1c(N=C=S)ccc(Cl)c1Br. The van der Waals surface area contributed by atoms with E-state index in [0.717, 1.165) is 15.7 Å². The molecule has 0 fully saturated rings. The highest BCUT2D eigenvalue weighted by Gasteiger charge is 2.04. The highest BCUT2D eigenvalue weighted by Crippen LogP contribution is 2.32. The van der Waals surface area contributed by atoms with Gasteiger partial charge in [-0.3, -0.25) is 0 Å². The molecule has 4 heteroatoms. The van der Waals surface area contributed by atoms with E-state index in [2.05, 4.69) is 38.3 Å². The Labute approximate surface area is 89.6 Å². The highest BCUT2D eigenvalue weighted by atomic mass is 79.9. The van der Waals surface area contributed by atoms with E-state index in [1.54, 1.807) is 6.07 Å². The third-order valence-corrected chi connectivity index (χ3v) is 3.13. The zero-order valence-corrected chi connectivity index (χ0v) is 9.42. The molecular formula is C8H5BrClNS. The average molecular weight is 263 g/mol. The Hall–Kier alpha value is -0.210. The Morgan fingerprint density at radius 1 is 1.58 bits per heavy atom. The first-order valence-electron chi connectivity index (χ1n) is 3.19. The molecule has 0 unspecified atom stereocenters. The van der Waals surface area contributed by atoms with Crippen LogP contribution in [0.15, 0.2) is 21.6 Å². The lowest BCUT2D eigenvalue weighted by molar-refractivity contribution is 1.38. The van der Waals surface area contributed by atoms with Crippen molar-refractivity contribution in [1.29, 1.82) is 0 Å². The number of aliphatic imine (C=N–C) groups is 1. The summed E-state index contributed by atoms with van der Waals surface area (Å²) >= 11 is 13.7. The van der Waals surface area contributed by atoms with Crippen molar-refractivity contribution in [3.8, 4) is 0 Å². The Morgan fingerprint density at radius 3 is 2.83 bits per heavy atom. The summed E-state index contributed by atoms with van der Waals surface area (Å²) in [5.41, 5.74) is 1.76. The van der Waals surface area contributed by atoms with Gasteiger partial charge in [0.25, 0.3) is 0 Å². The summed E-state index contributed by atoms with van der Waals surface area (Å²) < 4.78 is 0.857. The van der Waals surface area contributed by atoms with Crippen LogP contribution in [0.1, 0.15) is 5.56 Å². The van der Waals surface area contributed by atoms with E-state index in [1.165, 1.54) is 0 Å². The maximum Gasteiger partial charge on any atom is 0.0781 e. The second-order valence-corrected chi connectivity index (χ2v) is 3.59. The lowest BCUT2D eigenvalue weighted by atomic mass is 10.2. The van der Waals surface area contributed by atoms with Crippen LogP contribution in [-0.4, -0.2) is 5.16 Å². The van der Waals surface area contributed by atoms with E-state index < -0.39 is 0 Å². The third-order valence-electron chi connectivity index (χ3n) is 1.48. The number of benzene rings is 1. The van der Waals surface area contributed by atoms with Crippen molar-refractivity contribution >= 4 is 50.6 Å². The molecule has 0 aliphatic rings. The number of hydrogen-bond acceptors (Lipinski definition) is 2. The molecule has 0 aromatic heterocycles. The molecular weight excluding hydrogens is 258 g/mol. The lowest BCUT2D eigenvalue weighted by Crippen LogP contribution is -1.77. The highest BCUT2D eigenvalue weighted by molar-refractivity contribution is 9.10. The summed E-state index contributed by atoms with van der Waals surface area (Å²) in [6.07, 6.45) is 0. The molecule has 1 aromatic carbocycles. The van der Waals surface area contributed by atoms with Crippen molar-refractivity contribution in [2.45, 2.75) is 6.92 Å². The summed E-state index contributed by atoms with van der Waals surface area (Å²) in [6, 6.07) is 3.58. The molecule has 0 N–H and O–H groups in total. The molecule has 0 aliphatic heterocycles. The van der Waals surface area contributed by atoms with E-state index in [-0.39, 0.29) is 0 Å². The molecule has 1 nitrogen and oxygen atoms in total. The molecule has 1 aromatic rings. The van der Waals surface area contributed by atoms with Gasteiger partial charge in [0.05, 0.1) is 15.9 Å². The topological polar surface area (TPSA) is 12.4 Å². The number of hydrogen-bond donors (Lipinski definition) is 0. The Balaban J connectivity index is 3.35. The standard InChI is InChI=1S/C8H5BrClNS/c1-5-7(11-4-12)3-2-6(10)8(5)9/h2-3H,1H3. The van der Waals surface area contributed by atoms with Gasteiger partial charge >= 0.3 is 0 Å². The van der Waals surface area contributed by atoms with E-state index in [4.69, 9.17) is 11.6 Å². The van der Waals surface area contributed by atoms with E-state index in [1.807, 2.05) is 13.0 Å². The van der Waals surface area contributed by atoms with Crippen LogP contribution in [0.25, 0.3) is 0 Å². The molecule has 0 amide bonds. The maximum absolute atomic E-state index is 5.85. The fraction of sp³-hybridized carbons (Fsp3) is 0.125. The molecule has 0 saturated carbocycles. The van der Waals surface area contributed by atoms with Gasteiger partial charge in [-0.05, 0) is 52.8 Å². The largest absolute Gasteiger partial charge is 0.194 e. The quantitative estimate of drug-likeness (QED) is 0.547. The second kappa shape index (κ2) is 4.15. The first-order valence-corrected chi connectivity index (χ1v) is 4.77. The summed E-state index contributed by atoms with van der Waals surface area (Å²) in [5, 5.41) is 2.99. The summed E-state index contributed by atoms with van der Waals surface area (Å²) in [4.78, 5) is 3.88. The average Bonchev–Trinajstić information content (AvgIpc) is 2.07. The predicted molar refractivity (Wildman–Crippen MR) is 58.6 cm³/mol. The minimum absolute atomic E-state index is 0.677. The molecule has 0 spiro atoms. The Kier molecular flexibility index (Phi) is 3.41. The maximum atomic E-state index is 5.85. The summed E-state index contributed by atoms with van der Waals surface area (Å²) in [7, 11) is 0. The molecule has 0 radical (unpaired) electrons. The van der Waals surface area contributed by atoms with Crippen molar-refractivity contribution < 1.29 is 0 Å². The van der Waals surface area contributed by atoms with Gasteiger partial charge < -0.3 is 0 Å². The van der Waals surface area contributed by atoms with Crippen LogP contribution in [0.3, 0.4) is 0 Å². The summed E-state index contributed by atoms with van der Waals surface area (Å²) in [5.74, 6) is 0. The van der Waals surface area contributed by atoms with Crippen LogP contribution in [0.2, 0.25) is 5.02 Å². The molecule has 1 rings (SSSR count). The fourth-order valence-electron chi connectivity index (χ4n) is 0.812. The molecule has 0 bridgehead atoms. The van der Waals surface area contributed by atoms with Gasteiger partial charge in [0, 0.05) is 4.47 Å². The van der Waals surface area contributed by atoms with Gasteiger partial charge in [-0.1, -0.05) is 11.6 Å². The van der Waals surface area contributed by atoms with Gasteiger partial charge in [-0.15, -0.1) is 0 Å². The lowest BCUT2D eigenvalue weighted by Gasteiger charge is -2.02. The number of rotatable bonds is 1. The Morgan fingerprint density at radius 2 is 2.25 bits per heavy atom. The smallest absolute Gasteiger partial charge is 0.0781 e. The number of halogens is 2. The van der Waals surface area contributed by atoms with Crippen molar-refractivity contribution in [1.82, 2.24) is 0 Å². The van der Waals surface area contributed by atoms with Crippen LogP contribution < -0.4 is 0 Å². The van der Waals surface area contributed by atoms with Crippen molar-refractivity contribution in [2.24, 2.45) is 4.99 Å². The summed E-state index contributed by atoms with van der Waals surface area (Å²) in [6.45, 7) is 1.92. The number of thiocarbonyl (C=S) groups is 1. The fourth-order valence-corrected chi connectivity index (χ4v) is 1.45. The molecule has 0 saturated heterocycles. The van der Waals surface area contributed by atoms with E-state index >= 15 is 0 Å². The van der Waals surface area contributed by atoms with Gasteiger partial charge in [0.1, 0.15) is 0 Å². The molecule has 0 heterocycles. The van der Waals surface area contributed by atoms with E-state index in [0.29, 0.717) is 5.02 Å². The van der Waals surface area contributed by atoms with Crippen LogP contribution in [0, 0.1) is 6.92 Å². The normalized spacial score (nSPS) is 9.25. The number of isothiocyanates is 1. The van der Waals surface area contributed by atoms with Gasteiger partial charge in [-0.25, -0.2) is 0 Å². The minimum atomic E-state index is 0.677. The molecule has 0 atom stereocenters. The monoisotopic (exact) mass is 261 g/mol. The van der Waals surface area contributed by atoms with Crippen LogP contribution in [0.5, 0.6) is 0 Å². The molecule has 0 aliphatic carbocycles. The zero-order chi connectivity index (χ0) is 9.14. The van der Waals surface area contributed by atoms with E-state index in [9.17, 15) is 0 Å². The minimum Gasteiger partial charge on any atom is -0.194 e. The predicted octanol–water partition coefficient (Wildman–Crippen LogP) is 4.15. The van der Waals surface area contributed by atoms with Crippen molar-refractivity contribution in [3.63, 3.8) is 0 Å². The van der Waals surface area contributed by atoms with Crippen molar-refractivity contribution in [3.05, 3.63) is 27.2 Å².